The van der Waals surface area contributed by atoms with Crippen LogP contribution in [0.2, 0.25) is 0 Å². The summed E-state index contributed by atoms with van der Waals surface area (Å²) in [6.07, 6.45) is -4.30. The van der Waals surface area contributed by atoms with Crippen LogP contribution in [0.4, 0.5) is 5.69 Å². The zero-order valence-electron chi connectivity index (χ0n) is 9.26. The van der Waals surface area contributed by atoms with Crippen LogP contribution in [0, 0.1) is 10.1 Å². The molecule has 0 radical (unpaired) electrons. The fraction of sp³-hybridized carbons (Fsp3) is 0.200. The standard InChI is InChI=1S/C10H9NO8/c12-7(8(13)10(16)17)5-2-1-4(9(14)15)3-6(5)11(18)19/h1-3,7-8,12-13H,(H,14,15)(H,16,17). The summed E-state index contributed by atoms with van der Waals surface area (Å²) in [7, 11) is 0. The van der Waals surface area contributed by atoms with Gasteiger partial charge in [0.15, 0.2) is 6.10 Å². The number of nitro groups is 1. The maximum Gasteiger partial charge on any atom is 0.335 e. The molecule has 0 bridgehead atoms. The average molecular weight is 271 g/mol. The molecule has 1 rings (SSSR count). The number of nitrogens with zero attached hydrogens (tertiary/aromatic N) is 1. The minimum absolute atomic E-state index is 0.396. The molecule has 0 aliphatic heterocycles. The first-order valence-corrected chi connectivity index (χ1v) is 4.86. The molecule has 4 N–H and O–H groups in total. The van der Waals surface area contributed by atoms with Crippen LogP contribution in [-0.4, -0.2) is 43.4 Å². The Morgan fingerprint density at radius 3 is 2.21 bits per heavy atom. The maximum atomic E-state index is 10.8. The fourth-order valence-corrected chi connectivity index (χ4v) is 1.39. The van der Waals surface area contributed by atoms with Crippen molar-refractivity contribution in [3.63, 3.8) is 0 Å². The summed E-state index contributed by atoms with van der Waals surface area (Å²) in [5.41, 5.74) is -1.66. The van der Waals surface area contributed by atoms with Crippen LogP contribution in [0.25, 0.3) is 0 Å². The van der Waals surface area contributed by atoms with Crippen molar-refractivity contribution in [2.24, 2.45) is 0 Å². The number of hydrogen-bond acceptors (Lipinski definition) is 6. The normalized spacial score (nSPS) is 13.6. The van der Waals surface area contributed by atoms with Gasteiger partial charge in [0.1, 0.15) is 6.10 Å². The van der Waals surface area contributed by atoms with Crippen molar-refractivity contribution in [1.82, 2.24) is 0 Å². The van der Waals surface area contributed by atoms with Crippen LogP contribution < -0.4 is 0 Å². The van der Waals surface area contributed by atoms with Gasteiger partial charge in [-0.05, 0) is 12.1 Å². The van der Waals surface area contributed by atoms with Crippen molar-refractivity contribution in [3.8, 4) is 0 Å². The van der Waals surface area contributed by atoms with E-state index in [0.29, 0.717) is 6.07 Å². The molecular weight excluding hydrogens is 262 g/mol. The molecule has 2 atom stereocenters. The highest BCUT2D eigenvalue weighted by atomic mass is 16.6. The lowest BCUT2D eigenvalue weighted by Gasteiger charge is -2.14. The van der Waals surface area contributed by atoms with Crippen molar-refractivity contribution in [2.45, 2.75) is 12.2 Å². The molecule has 19 heavy (non-hydrogen) atoms. The fourth-order valence-electron chi connectivity index (χ4n) is 1.39. The number of hydrogen-bond donors (Lipinski definition) is 4. The number of aliphatic carboxylic acids is 1. The third-order valence-electron chi connectivity index (χ3n) is 2.34. The van der Waals surface area contributed by atoms with Crippen molar-refractivity contribution in [2.75, 3.05) is 0 Å². The largest absolute Gasteiger partial charge is 0.479 e. The van der Waals surface area contributed by atoms with E-state index >= 15 is 0 Å². The molecule has 0 amide bonds. The lowest BCUT2D eigenvalue weighted by molar-refractivity contribution is -0.386. The third kappa shape index (κ3) is 3.03. The monoisotopic (exact) mass is 271 g/mol. The van der Waals surface area contributed by atoms with E-state index in [1.165, 1.54) is 0 Å². The molecule has 0 saturated carbocycles. The van der Waals surface area contributed by atoms with Gasteiger partial charge in [-0.25, -0.2) is 9.59 Å². The lowest BCUT2D eigenvalue weighted by Crippen LogP contribution is -2.28. The summed E-state index contributed by atoms with van der Waals surface area (Å²) in [4.78, 5) is 31.0. The Kier molecular flexibility index (Phi) is 4.14. The van der Waals surface area contributed by atoms with Crippen LogP contribution in [-0.2, 0) is 4.79 Å². The van der Waals surface area contributed by atoms with E-state index in [4.69, 9.17) is 15.3 Å². The Labute approximate surface area is 105 Å². The van der Waals surface area contributed by atoms with Gasteiger partial charge in [-0.3, -0.25) is 10.1 Å². The summed E-state index contributed by atoms with van der Waals surface area (Å²) in [6.45, 7) is 0. The SMILES string of the molecule is O=C(O)c1ccc(C(O)C(O)C(=O)O)c([N+](=O)[O-])c1. The minimum atomic E-state index is -2.26. The molecule has 0 aliphatic rings. The van der Waals surface area contributed by atoms with Crippen LogP contribution in [0.3, 0.4) is 0 Å². The predicted molar refractivity (Wildman–Crippen MR) is 58.7 cm³/mol. The van der Waals surface area contributed by atoms with Gasteiger partial charge >= 0.3 is 11.9 Å². The number of aliphatic hydroxyl groups excluding tert-OH is 2. The van der Waals surface area contributed by atoms with Crippen molar-refractivity contribution in [1.29, 1.82) is 0 Å². The average Bonchev–Trinajstić information content (AvgIpc) is 2.35. The Morgan fingerprint density at radius 1 is 1.21 bits per heavy atom. The van der Waals surface area contributed by atoms with E-state index < -0.39 is 45.9 Å². The number of carboxylic acid groups (broad SMARTS) is 2. The zero-order chi connectivity index (χ0) is 14.7. The van der Waals surface area contributed by atoms with E-state index in [1.54, 1.807) is 0 Å². The molecule has 0 heterocycles. The summed E-state index contributed by atoms with van der Waals surface area (Å²) >= 11 is 0. The summed E-state index contributed by atoms with van der Waals surface area (Å²) in [5, 5.41) is 46.6. The molecule has 0 aliphatic carbocycles. The first-order valence-electron chi connectivity index (χ1n) is 4.86. The second-order valence-electron chi connectivity index (χ2n) is 3.56. The van der Waals surface area contributed by atoms with Crippen molar-refractivity contribution in [3.05, 3.63) is 39.4 Å². The van der Waals surface area contributed by atoms with E-state index in [-0.39, 0.29) is 0 Å². The van der Waals surface area contributed by atoms with Gasteiger partial charge in [0, 0.05) is 6.07 Å². The van der Waals surface area contributed by atoms with Crippen LogP contribution in [0.1, 0.15) is 22.0 Å². The molecule has 9 nitrogen and oxygen atoms in total. The second-order valence-corrected chi connectivity index (χ2v) is 3.56. The smallest absolute Gasteiger partial charge is 0.335 e. The van der Waals surface area contributed by atoms with Gasteiger partial charge in [-0.2, -0.15) is 0 Å². The zero-order valence-corrected chi connectivity index (χ0v) is 9.26. The number of aliphatic hydroxyl groups is 2. The van der Waals surface area contributed by atoms with Crippen molar-refractivity contribution < 1.29 is 34.9 Å². The third-order valence-corrected chi connectivity index (χ3v) is 2.34. The van der Waals surface area contributed by atoms with Gasteiger partial charge in [0.2, 0.25) is 0 Å². The number of rotatable bonds is 5. The Balaban J connectivity index is 3.31. The first kappa shape index (κ1) is 14.5. The van der Waals surface area contributed by atoms with Gasteiger partial charge in [0.05, 0.1) is 16.1 Å². The molecular formula is C10H9NO8. The number of nitro benzene ring substituents is 1. The minimum Gasteiger partial charge on any atom is -0.479 e. The topological polar surface area (TPSA) is 158 Å². The molecule has 102 valence electrons. The molecule has 0 spiro atoms. The molecule has 0 saturated heterocycles. The number of carbonyl (C=O) groups is 2. The number of aromatic carboxylic acids is 1. The summed E-state index contributed by atoms with van der Waals surface area (Å²) in [6, 6.07) is 2.52. The maximum absolute atomic E-state index is 10.8. The quantitative estimate of drug-likeness (QED) is 0.422. The molecule has 2 unspecified atom stereocenters. The van der Waals surface area contributed by atoms with Crippen LogP contribution in [0.5, 0.6) is 0 Å². The van der Waals surface area contributed by atoms with E-state index in [1.807, 2.05) is 0 Å². The summed E-state index contributed by atoms with van der Waals surface area (Å²) in [5.74, 6) is -3.17. The highest BCUT2D eigenvalue weighted by molar-refractivity contribution is 5.88. The van der Waals surface area contributed by atoms with E-state index in [0.717, 1.165) is 12.1 Å². The molecule has 0 fully saturated rings. The summed E-state index contributed by atoms with van der Waals surface area (Å²) < 4.78 is 0. The van der Waals surface area contributed by atoms with Gasteiger partial charge in [0.25, 0.3) is 5.69 Å². The Hall–Kier alpha value is -2.52. The highest BCUT2D eigenvalue weighted by Crippen LogP contribution is 2.28. The predicted octanol–water partition coefficient (Wildman–Crippen LogP) is -0.228. The molecule has 1 aromatic carbocycles. The lowest BCUT2D eigenvalue weighted by atomic mass is 10.0. The van der Waals surface area contributed by atoms with Crippen LogP contribution in [0.15, 0.2) is 18.2 Å². The highest BCUT2D eigenvalue weighted by Gasteiger charge is 2.31. The Morgan fingerprint density at radius 2 is 1.79 bits per heavy atom. The van der Waals surface area contributed by atoms with E-state index in [2.05, 4.69) is 0 Å². The van der Waals surface area contributed by atoms with Gasteiger partial charge in [-0.1, -0.05) is 0 Å². The van der Waals surface area contributed by atoms with Crippen LogP contribution >= 0.6 is 0 Å². The van der Waals surface area contributed by atoms with Gasteiger partial charge < -0.3 is 20.4 Å². The first-order chi connectivity index (χ1) is 8.75. The Bertz CT molecular complexity index is 540. The molecule has 1 aromatic rings. The number of benzene rings is 1. The van der Waals surface area contributed by atoms with Crippen molar-refractivity contribution >= 4 is 17.6 Å². The van der Waals surface area contributed by atoms with E-state index in [9.17, 15) is 24.8 Å². The van der Waals surface area contributed by atoms with Gasteiger partial charge in [-0.15, -0.1) is 0 Å². The number of carboxylic acids is 2. The molecule has 9 heteroatoms. The molecule has 0 aromatic heterocycles. The second kappa shape index (κ2) is 5.42.